The van der Waals surface area contributed by atoms with E-state index in [1.807, 2.05) is 0 Å². The number of rotatable bonds is 2. The van der Waals surface area contributed by atoms with Crippen LogP contribution in [0.25, 0.3) is 0 Å². The zero-order chi connectivity index (χ0) is 8.32. The van der Waals surface area contributed by atoms with E-state index in [1.165, 1.54) is 6.42 Å². The van der Waals surface area contributed by atoms with Crippen molar-refractivity contribution in [1.29, 1.82) is 0 Å². The molecular weight excluding hydrogens is 186 g/mol. The molecule has 2 N–H and O–H groups in total. The maximum absolute atomic E-state index is 10.4. The van der Waals surface area contributed by atoms with E-state index < -0.39 is 21.4 Å². The molecule has 1 aliphatic heterocycles. The Kier molecular flexibility index (Phi) is 3.17. The van der Waals surface area contributed by atoms with E-state index in [0.29, 0.717) is 0 Å². The standard InChI is InChI=1S/C5H13NO3S2/c7-11(8,9)6-10-4-2-1-3-5-10/h6,10H,1-5H2,(H,7,8,9). The molecule has 0 bridgehead atoms. The van der Waals surface area contributed by atoms with Crippen molar-refractivity contribution in [3.8, 4) is 0 Å². The SMILES string of the molecule is O=S(=O)(O)N[SH]1CCCCC1. The summed E-state index contributed by atoms with van der Waals surface area (Å²) in [6, 6.07) is 0. The topological polar surface area (TPSA) is 66.4 Å². The van der Waals surface area contributed by atoms with Crippen LogP contribution in [-0.2, 0) is 10.3 Å². The van der Waals surface area contributed by atoms with Crippen LogP contribution >= 0.6 is 11.1 Å². The maximum Gasteiger partial charge on any atom is 0.341 e. The molecule has 0 unspecified atom stereocenters. The van der Waals surface area contributed by atoms with Crippen molar-refractivity contribution in [1.82, 2.24) is 4.13 Å². The summed E-state index contributed by atoms with van der Waals surface area (Å²) in [4.78, 5) is 0. The first kappa shape index (κ1) is 9.31. The van der Waals surface area contributed by atoms with Crippen LogP contribution in [0.3, 0.4) is 0 Å². The monoisotopic (exact) mass is 199 g/mol. The molecule has 1 fully saturated rings. The van der Waals surface area contributed by atoms with Gasteiger partial charge in [-0.3, -0.25) is 4.55 Å². The van der Waals surface area contributed by atoms with E-state index in [4.69, 9.17) is 4.55 Å². The van der Waals surface area contributed by atoms with Gasteiger partial charge < -0.3 is 0 Å². The lowest BCUT2D eigenvalue weighted by Gasteiger charge is -2.24. The maximum atomic E-state index is 10.4. The summed E-state index contributed by atoms with van der Waals surface area (Å²) in [6.07, 6.45) is 3.34. The molecule has 0 aromatic heterocycles. The van der Waals surface area contributed by atoms with Gasteiger partial charge in [0, 0.05) is 0 Å². The highest BCUT2D eigenvalue weighted by Crippen LogP contribution is 2.29. The van der Waals surface area contributed by atoms with Crippen molar-refractivity contribution in [2.24, 2.45) is 0 Å². The Morgan fingerprint density at radius 2 is 1.73 bits per heavy atom. The number of thiol groups is 1. The van der Waals surface area contributed by atoms with Crippen LogP contribution in [0.1, 0.15) is 19.3 Å². The Morgan fingerprint density at radius 1 is 1.18 bits per heavy atom. The van der Waals surface area contributed by atoms with Gasteiger partial charge in [-0.2, -0.15) is 23.6 Å². The Labute approximate surface area is 69.7 Å². The largest absolute Gasteiger partial charge is 0.341 e. The molecule has 68 valence electrons. The first-order valence-corrected chi connectivity index (χ1v) is 6.73. The molecule has 0 aromatic carbocycles. The van der Waals surface area contributed by atoms with E-state index in [1.54, 1.807) is 0 Å². The molecule has 4 nitrogen and oxygen atoms in total. The smallest absolute Gasteiger partial charge is 0.273 e. The van der Waals surface area contributed by atoms with Gasteiger partial charge >= 0.3 is 10.3 Å². The quantitative estimate of drug-likeness (QED) is 0.447. The highest BCUT2D eigenvalue weighted by atomic mass is 32.3. The van der Waals surface area contributed by atoms with Gasteiger partial charge in [-0.1, -0.05) is 6.42 Å². The van der Waals surface area contributed by atoms with Crippen LogP contribution in [0.2, 0.25) is 0 Å². The summed E-state index contributed by atoms with van der Waals surface area (Å²) in [7, 11) is -3.94. The predicted octanol–water partition coefficient (Wildman–Crippen LogP) is 0.479. The molecule has 1 heterocycles. The minimum Gasteiger partial charge on any atom is -0.273 e. The van der Waals surface area contributed by atoms with Crippen molar-refractivity contribution in [3.05, 3.63) is 0 Å². The summed E-state index contributed by atoms with van der Waals surface area (Å²) in [6.45, 7) is 0. The van der Waals surface area contributed by atoms with Gasteiger partial charge in [0.15, 0.2) is 0 Å². The zero-order valence-corrected chi connectivity index (χ0v) is 7.87. The number of hydrogen-bond donors (Lipinski definition) is 3. The van der Waals surface area contributed by atoms with E-state index in [9.17, 15) is 8.42 Å². The van der Waals surface area contributed by atoms with Gasteiger partial charge in [-0.25, -0.2) is 0 Å². The Morgan fingerprint density at radius 3 is 2.18 bits per heavy atom. The van der Waals surface area contributed by atoms with E-state index in [-0.39, 0.29) is 0 Å². The molecule has 1 saturated heterocycles. The van der Waals surface area contributed by atoms with Gasteiger partial charge in [-0.05, 0) is 24.3 Å². The van der Waals surface area contributed by atoms with Crippen LogP contribution in [0.15, 0.2) is 0 Å². The van der Waals surface area contributed by atoms with Crippen molar-refractivity contribution in [2.45, 2.75) is 19.3 Å². The summed E-state index contributed by atoms with van der Waals surface area (Å²) in [5.74, 6) is 1.82. The Balaban J connectivity index is 2.36. The second-order valence-corrected chi connectivity index (χ2v) is 6.27. The molecule has 0 radical (unpaired) electrons. The molecule has 1 rings (SSSR count). The van der Waals surface area contributed by atoms with E-state index >= 15 is 0 Å². The third-order valence-corrected chi connectivity index (χ3v) is 5.27. The Bertz CT molecular complexity index is 208. The number of nitrogens with one attached hydrogen (secondary N) is 1. The average Bonchev–Trinajstić information content (AvgIpc) is 1.85. The van der Waals surface area contributed by atoms with Crippen molar-refractivity contribution < 1.29 is 13.0 Å². The van der Waals surface area contributed by atoms with Crippen LogP contribution < -0.4 is 4.13 Å². The molecule has 0 aromatic rings. The Hall–Kier alpha value is 0.220. The summed E-state index contributed by atoms with van der Waals surface area (Å²) < 4.78 is 31.4. The summed E-state index contributed by atoms with van der Waals surface area (Å²) in [5.41, 5.74) is 0. The molecule has 1 aliphatic rings. The van der Waals surface area contributed by atoms with Crippen LogP contribution in [-0.4, -0.2) is 24.5 Å². The van der Waals surface area contributed by atoms with Gasteiger partial charge in [-0.15, -0.1) is 0 Å². The molecular formula is C5H13NO3S2. The van der Waals surface area contributed by atoms with E-state index in [0.717, 1.165) is 24.3 Å². The summed E-state index contributed by atoms with van der Waals surface area (Å²) in [5, 5.41) is 0. The van der Waals surface area contributed by atoms with E-state index in [2.05, 4.69) is 4.13 Å². The second-order valence-electron chi connectivity index (χ2n) is 2.61. The predicted molar refractivity (Wildman–Crippen MR) is 47.3 cm³/mol. The van der Waals surface area contributed by atoms with Gasteiger partial charge in [0.25, 0.3) is 0 Å². The minimum absolute atomic E-state index is 0.648. The molecule has 0 aliphatic carbocycles. The zero-order valence-electron chi connectivity index (χ0n) is 6.15. The highest BCUT2D eigenvalue weighted by Gasteiger charge is 2.13. The average molecular weight is 199 g/mol. The van der Waals surface area contributed by atoms with Crippen LogP contribution in [0.5, 0.6) is 0 Å². The lowest BCUT2D eigenvalue weighted by atomic mass is 10.3. The van der Waals surface area contributed by atoms with Gasteiger partial charge in [0.2, 0.25) is 0 Å². The van der Waals surface area contributed by atoms with Crippen molar-refractivity contribution in [2.75, 3.05) is 11.5 Å². The first-order chi connectivity index (χ1) is 5.08. The van der Waals surface area contributed by atoms with Crippen LogP contribution in [0, 0.1) is 0 Å². The molecule has 0 saturated carbocycles. The molecule has 0 atom stereocenters. The second kappa shape index (κ2) is 3.75. The lowest BCUT2D eigenvalue weighted by Crippen LogP contribution is -2.24. The normalized spacial score (nSPS) is 23.5. The highest BCUT2D eigenvalue weighted by molar-refractivity contribution is 8.21. The van der Waals surface area contributed by atoms with Crippen molar-refractivity contribution in [3.63, 3.8) is 0 Å². The van der Waals surface area contributed by atoms with Gasteiger partial charge in [0.05, 0.1) is 0 Å². The fourth-order valence-electron chi connectivity index (χ4n) is 1.15. The van der Waals surface area contributed by atoms with Crippen molar-refractivity contribution >= 4 is 21.4 Å². The van der Waals surface area contributed by atoms with Crippen LogP contribution in [0.4, 0.5) is 0 Å². The molecule has 0 amide bonds. The molecule has 11 heavy (non-hydrogen) atoms. The third kappa shape index (κ3) is 3.95. The lowest BCUT2D eigenvalue weighted by molar-refractivity contribution is 0.480. The number of hydrogen-bond acceptors (Lipinski definition) is 2. The van der Waals surface area contributed by atoms with Gasteiger partial charge in [0.1, 0.15) is 0 Å². The fourth-order valence-corrected chi connectivity index (χ4v) is 4.62. The first-order valence-electron chi connectivity index (χ1n) is 3.58. The minimum atomic E-state index is -3.94. The summed E-state index contributed by atoms with van der Waals surface area (Å²) >= 11 is -0.648. The molecule has 0 spiro atoms. The fraction of sp³-hybridized carbons (Fsp3) is 1.00. The molecule has 6 heteroatoms. The third-order valence-electron chi connectivity index (χ3n) is 1.60.